The Hall–Kier alpha value is -2.54. The van der Waals surface area contributed by atoms with E-state index in [0.717, 1.165) is 11.1 Å². The van der Waals surface area contributed by atoms with Crippen LogP contribution in [0.25, 0.3) is 0 Å². The van der Waals surface area contributed by atoms with Crippen LogP contribution in [0.1, 0.15) is 27.9 Å². The monoisotopic (exact) mass is 384 g/mol. The first-order valence-corrected chi connectivity index (χ1v) is 7.99. The van der Waals surface area contributed by atoms with Crippen molar-refractivity contribution >= 4 is 23.7 Å². The van der Waals surface area contributed by atoms with Gasteiger partial charge in [-0.25, -0.2) is 5.43 Å². The van der Waals surface area contributed by atoms with Crippen LogP contribution in [0.15, 0.2) is 47.6 Å². The molecule has 0 bridgehead atoms. The first-order valence-electron chi connectivity index (χ1n) is 7.61. The van der Waals surface area contributed by atoms with Crippen LogP contribution in [-0.4, -0.2) is 18.3 Å². The topological polar surface area (TPSA) is 50.7 Å². The zero-order chi connectivity index (χ0) is 19.2. The maximum Gasteiger partial charge on any atom is 0.394 e. The quantitative estimate of drug-likeness (QED) is 0.569. The number of hydrazone groups is 1. The average Bonchev–Trinajstić information content (AvgIpc) is 2.59. The molecule has 0 aliphatic heterocycles. The Labute approximate surface area is 153 Å². The molecule has 1 amide bonds. The van der Waals surface area contributed by atoms with Gasteiger partial charge in [0.25, 0.3) is 5.91 Å². The van der Waals surface area contributed by atoms with Crippen molar-refractivity contribution in [3.63, 3.8) is 0 Å². The first kappa shape index (κ1) is 19.8. The Bertz CT molecular complexity index is 790. The molecule has 0 spiro atoms. The summed E-state index contributed by atoms with van der Waals surface area (Å²) < 4.78 is 41.5. The third-order valence-electron chi connectivity index (χ3n) is 3.33. The number of amides is 1. The van der Waals surface area contributed by atoms with Crippen molar-refractivity contribution in [2.75, 3.05) is 0 Å². The Morgan fingerprint density at radius 3 is 2.54 bits per heavy atom. The van der Waals surface area contributed by atoms with Crippen LogP contribution in [0, 0.1) is 6.92 Å². The maximum absolute atomic E-state index is 12.0. The molecule has 0 aliphatic carbocycles. The standard InChI is InChI=1S/C18H16ClF3N2O2/c1-12-10-15(6-7-16(12)19)26-11-13-2-4-14(5-3-13)17(25)24-23-9-8-18(20,21)22/h2-7,9-10H,8,11H2,1H3,(H,24,25). The van der Waals surface area contributed by atoms with Gasteiger partial charge in [0, 0.05) is 16.8 Å². The number of ether oxygens (including phenoxy) is 1. The SMILES string of the molecule is Cc1cc(OCc2ccc(C(=O)NN=CCC(F)(F)F)cc2)ccc1Cl. The van der Waals surface area contributed by atoms with Gasteiger partial charge in [-0.05, 0) is 48.4 Å². The van der Waals surface area contributed by atoms with Crippen molar-refractivity contribution in [1.29, 1.82) is 0 Å². The second kappa shape index (κ2) is 8.71. The Morgan fingerprint density at radius 1 is 1.23 bits per heavy atom. The van der Waals surface area contributed by atoms with Crippen LogP contribution in [0.2, 0.25) is 5.02 Å². The van der Waals surface area contributed by atoms with Gasteiger partial charge in [0.05, 0.1) is 6.42 Å². The zero-order valence-corrected chi connectivity index (χ0v) is 14.6. The Morgan fingerprint density at radius 2 is 1.92 bits per heavy atom. The molecule has 1 N–H and O–H groups in total. The van der Waals surface area contributed by atoms with Crippen LogP contribution in [0.5, 0.6) is 5.75 Å². The highest BCUT2D eigenvalue weighted by Gasteiger charge is 2.25. The number of nitrogens with zero attached hydrogens (tertiary/aromatic N) is 1. The number of aryl methyl sites for hydroxylation is 1. The molecule has 2 aromatic rings. The molecule has 138 valence electrons. The van der Waals surface area contributed by atoms with E-state index < -0.39 is 18.5 Å². The summed E-state index contributed by atoms with van der Waals surface area (Å²) in [4.78, 5) is 11.8. The van der Waals surface area contributed by atoms with Gasteiger partial charge in [-0.15, -0.1) is 0 Å². The summed E-state index contributed by atoms with van der Waals surface area (Å²) in [6.45, 7) is 2.17. The normalized spacial score (nSPS) is 11.6. The summed E-state index contributed by atoms with van der Waals surface area (Å²) in [5.74, 6) is 0.0805. The number of rotatable bonds is 6. The molecule has 0 fully saturated rings. The predicted molar refractivity (Wildman–Crippen MR) is 93.6 cm³/mol. The maximum atomic E-state index is 12.0. The zero-order valence-electron chi connectivity index (χ0n) is 13.8. The molecule has 2 aromatic carbocycles. The molecule has 0 atom stereocenters. The molecule has 4 nitrogen and oxygen atoms in total. The number of benzene rings is 2. The van der Waals surface area contributed by atoms with E-state index in [4.69, 9.17) is 16.3 Å². The number of hydrogen-bond donors (Lipinski definition) is 1. The van der Waals surface area contributed by atoms with Gasteiger partial charge < -0.3 is 4.74 Å². The van der Waals surface area contributed by atoms with E-state index in [1.165, 1.54) is 0 Å². The predicted octanol–water partition coefficient (Wildman–Crippen LogP) is 4.90. The molecule has 0 radical (unpaired) electrons. The molecule has 0 saturated heterocycles. The first-order chi connectivity index (χ1) is 12.2. The summed E-state index contributed by atoms with van der Waals surface area (Å²) in [5.41, 5.74) is 4.06. The molecular formula is C18H16ClF3N2O2. The van der Waals surface area contributed by atoms with Gasteiger partial charge in [0.15, 0.2) is 0 Å². The van der Waals surface area contributed by atoms with E-state index in [9.17, 15) is 18.0 Å². The van der Waals surface area contributed by atoms with Crippen molar-refractivity contribution in [3.05, 3.63) is 64.2 Å². The van der Waals surface area contributed by atoms with Crippen molar-refractivity contribution in [2.24, 2.45) is 5.10 Å². The van der Waals surface area contributed by atoms with Gasteiger partial charge in [0.2, 0.25) is 0 Å². The molecule has 26 heavy (non-hydrogen) atoms. The lowest BCUT2D eigenvalue weighted by Gasteiger charge is -2.08. The number of hydrogen-bond acceptors (Lipinski definition) is 3. The van der Waals surface area contributed by atoms with Gasteiger partial charge in [-0.2, -0.15) is 18.3 Å². The summed E-state index contributed by atoms with van der Waals surface area (Å²) >= 11 is 5.95. The molecule has 0 saturated carbocycles. The fourth-order valence-corrected chi connectivity index (χ4v) is 2.06. The molecule has 0 heterocycles. The van der Waals surface area contributed by atoms with E-state index in [1.807, 2.05) is 18.4 Å². The Balaban J connectivity index is 1.87. The molecule has 0 aliphatic rings. The van der Waals surface area contributed by atoms with E-state index >= 15 is 0 Å². The lowest BCUT2D eigenvalue weighted by Crippen LogP contribution is -2.18. The van der Waals surface area contributed by atoms with Crippen LogP contribution in [0.4, 0.5) is 13.2 Å². The van der Waals surface area contributed by atoms with Gasteiger partial charge in [0.1, 0.15) is 12.4 Å². The van der Waals surface area contributed by atoms with Gasteiger partial charge in [-0.1, -0.05) is 23.7 Å². The summed E-state index contributed by atoms with van der Waals surface area (Å²) in [6, 6.07) is 11.8. The van der Waals surface area contributed by atoms with Crippen molar-refractivity contribution in [1.82, 2.24) is 5.43 Å². The Kier molecular flexibility index (Phi) is 6.63. The van der Waals surface area contributed by atoms with Crippen molar-refractivity contribution in [2.45, 2.75) is 26.1 Å². The van der Waals surface area contributed by atoms with Gasteiger partial charge >= 0.3 is 6.18 Å². The number of carbonyl (C=O) groups is 1. The van der Waals surface area contributed by atoms with Crippen molar-refractivity contribution in [3.8, 4) is 5.75 Å². The van der Waals surface area contributed by atoms with Crippen molar-refractivity contribution < 1.29 is 22.7 Å². The summed E-state index contributed by atoms with van der Waals surface area (Å²) in [7, 11) is 0. The largest absolute Gasteiger partial charge is 0.489 e. The fourth-order valence-electron chi connectivity index (χ4n) is 1.94. The second-order valence-corrected chi connectivity index (χ2v) is 5.88. The number of halogens is 4. The minimum absolute atomic E-state index is 0.278. The van der Waals surface area contributed by atoms with E-state index in [2.05, 4.69) is 5.10 Å². The molecule has 0 aromatic heterocycles. The smallest absolute Gasteiger partial charge is 0.394 e. The minimum Gasteiger partial charge on any atom is -0.489 e. The van der Waals surface area contributed by atoms with Gasteiger partial charge in [-0.3, -0.25) is 4.79 Å². The lowest BCUT2D eigenvalue weighted by molar-refractivity contribution is -0.120. The minimum atomic E-state index is -4.35. The lowest BCUT2D eigenvalue weighted by atomic mass is 10.1. The highest BCUT2D eigenvalue weighted by atomic mass is 35.5. The third kappa shape index (κ3) is 6.40. The number of carbonyl (C=O) groups excluding carboxylic acids is 1. The highest BCUT2D eigenvalue weighted by Crippen LogP contribution is 2.22. The van der Waals surface area contributed by atoms with Crippen LogP contribution in [-0.2, 0) is 6.61 Å². The van der Waals surface area contributed by atoms with Crippen LogP contribution >= 0.6 is 11.6 Å². The van der Waals surface area contributed by atoms with E-state index in [1.54, 1.807) is 36.4 Å². The average molecular weight is 385 g/mol. The summed E-state index contributed by atoms with van der Waals surface area (Å²) in [5, 5.41) is 3.92. The third-order valence-corrected chi connectivity index (χ3v) is 3.76. The summed E-state index contributed by atoms with van der Waals surface area (Å²) in [6.07, 6.45) is -4.94. The molecule has 0 unspecified atom stereocenters. The number of alkyl halides is 3. The van der Waals surface area contributed by atoms with Crippen LogP contribution < -0.4 is 10.2 Å². The van der Waals surface area contributed by atoms with E-state index in [0.29, 0.717) is 23.6 Å². The van der Waals surface area contributed by atoms with E-state index in [-0.39, 0.29) is 5.56 Å². The number of nitrogens with one attached hydrogen (secondary N) is 1. The highest BCUT2D eigenvalue weighted by molar-refractivity contribution is 6.31. The molecule has 2 rings (SSSR count). The molecule has 8 heteroatoms. The second-order valence-electron chi connectivity index (χ2n) is 5.47. The fraction of sp³-hybridized carbons (Fsp3) is 0.222. The molecular weight excluding hydrogens is 369 g/mol. The van der Waals surface area contributed by atoms with Crippen LogP contribution in [0.3, 0.4) is 0 Å².